The molecule has 2 heterocycles. The predicted molar refractivity (Wildman–Crippen MR) is 110 cm³/mol. The molecule has 1 saturated heterocycles. The second-order valence-electron chi connectivity index (χ2n) is 6.76. The molecule has 146 valence electrons. The summed E-state index contributed by atoms with van der Waals surface area (Å²) in [6.45, 7) is 6.75. The van der Waals surface area contributed by atoms with Gasteiger partial charge in [0.25, 0.3) is 0 Å². The molecule has 1 fully saturated rings. The average molecular weight is 435 g/mol. The van der Waals surface area contributed by atoms with Crippen LogP contribution in [0.1, 0.15) is 18.4 Å². The van der Waals surface area contributed by atoms with Crippen molar-refractivity contribution in [1.82, 2.24) is 20.9 Å². The Bertz CT molecular complexity index is 728. The maximum Gasteiger partial charge on any atom is 0.315 e. The summed E-state index contributed by atoms with van der Waals surface area (Å²) in [7, 11) is 1.44. The van der Waals surface area contributed by atoms with Gasteiger partial charge in [0.1, 0.15) is 11.7 Å². The number of allylic oxidation sites excluding steroid dienone is 1. The van der Waals surface area contributed by atoms with E-state index in [4.69, 9.17) is 4.74 Å². The van der Waals surface area contributed by atoms with E-state index < -0.39 is 5.92 Å². The smallest absolute Gasteiger partial charge is 0.315 e. The fourth-order valence-electron chi connectivity index (χ4n) is 3.53. The first-order valence-corrected chi connectivity index (χ1v) is 10.1. The van der Waals surface area contributed by atoms with Crippen molar-refractivity contribution in [1.29, 1.82) is 0 Å². The van der Waals surface area contributed by atoms with Crippen molar-refractivity contribution in [3.8, 4) is 0 Å². The van der Waals surface area contributed by atoms with Gasteiger partial charge in [-0.2, -0.15) is 0 Å². The van der Waals surface area contributed by atoms with Gasteiger partial charge in [0, 0.05) is 55.0 Å². The number of halogens is 1. The Morgan fingerprint density at radius 2 is 2.04 bits per heavy atom. The van der Waals surface area contributed by atoms with Crippen molar-refractivity contribution >= 4 is 21.9 Å². The monoisotopic (exact) mass is 434 g/mol. The van der Waals surface area contributed by atoms with Crippen LogP contribution < -0.4 is 16.0 Å². The van der Waals surface area contributed by atoms with E-state index in [1.165, 1.54) is 7.11 Å². The first-order valence-electron chi connectivity index (χ1n) is 9.30. The van der Waals surface area contributed by atoms with Gasteiger partial charge in [0.15, 0.2) is 0 Å². The largest absolute Gasteiger partial charge is 0.468 e. The Kier molecular flexibility index (Phi) is 6.79. The van der Waals surface area contributed by atoms with Crippen molar-refractivity contribution in [2.24, 2.45) is 0 Å². The minimum absolute atomic E-state index is 0.124. The number of piperazine rings is 1. The molecule has 3 N–H and O–H groups in total. The van der Waals surface area contributed by atoms with Crippen molar-refractivity contribution < 1.29 is 9.53 Å². The van der Waals surface area contributed by atoms with E-state index in [0.717, 1.165) is 54.3 Å². The minimum Gasteiger partial charge on any atom is -0.468 e. The summed E-state index contributed by atoms with van der Waals surface area (Å²) in [5, 5.41) is 10.3. The first-order chi connectivity index (χ1) is 13.1. The third kappa shape index (κ3) is 4.84. The number of ether oxygens (including phenoxy) is 1. The number of benzene rings is 1. The second-order valence-corrected chi connectivity index (χ2v) is 7.62. The number of nitrogens with one attached hydrogen (secondary N) is 3. The Labute approximate surface area is 169 Å². The lowest BCUT2D eigenvalue weighted by molar-refractivity contribution is -0.143. The first kappa shape index (κ1) is 19.8. The van der Waals surface area contributed by atoms with Crippen molar-refractivity contribution in [2.45, 2.75) is 18.9 Å². The summed E-state index contributed by atoms with van der Waals surface area (Å²) < 4.78 is 5.99. The van der Waals surface area contributed by atoms with Crippen LogP contribution in [-0.2, 0) is 9.53 Å². The van der Waals surface area contributed by atoms with Gasteiger partial charge in [-0.25, -0.2) is 0 Å². The van der Waals surface area contributed by atoms with E-state index in [2.05, 4.69) is 48.9 Å². The number of esters is 1. The van der Waals surface area contributed by atoms with Crippen LogP contribution in [0.3, 0.4) is 0 Å². The highest BCUT2D eigenvalue weighted by Crippen LogP contribution is 2.29. The highest BCUT2D eigenvalue weighted by Gasteiger charge is 2.30. The van der Waals surface area contributed by atoms with Crippen LogP contribution in [0.2, 0.25) is 0 Å². The molecule has 0 amide bonds. The lowest BCUT2D eigenvalue weighted by Crippen LogP contribution is -2.47. The molecule has 0 radical (unpaired) electrons. The Balaban J connectivity index is 1.76. The Morgan fingerprint density at radius 1 is 1.30 bits per heavy atom. The lowest BCUT2D eigenvalue weighted by Gasteiger charge is -2.34. The summed E-state index contributed by atoms with van der Waals surface area (Å²) in [5.74, 6) is 0.476. The van der Waals surface area contributed by atoms with Gasteiger partial charge in [0.2, 0.25) is 0 Å². The molecular weight excluding hydrogens is 408 g/mol. The molecule has 3 rings (SSSR count). The molecule has 0 aromatic heterocycles. The number of dihydropyridines is 1. The number of nitrogens with zero attached hydrogens (tertiary/aromatic N) is 1. The SMILES string of the molecule is COC(=O)C(c1ccccc1Br)C(C)NC1=CCNC(N2CCNCC2)=C1. The molecule has 27 heavy (non-hydrogen) atoms. The van der Waals surface area contributed by atoms with Gasteiger partial charge >= 0.3 is 5.97 Å². The van der Waals surface area contributed by atoms with Crippen molar-refractivity contribution in [3.05, 3.63) is 58.0 Å². The van der Waals surface area contributed by atoms with Crippen LogP contribution in [0.25, 0.3) is 0 Å². The predicted octanol–water partition coefficient (Wildman–Crippen LogP) is 1.92. The molecule has 0 aliphatic carbocycles. The summed E-state index contributed by atoms with van der Waals surface area (Å²) in [6, 6.07) is 7.67. The molecule has 6 nitrogen and oxygen atoms in total. The van der Waals surface area contributed by atoms with E-state index in [0.29, 0.717) is 0 Å². The van der Waals surface area contributed by atoms with Crippen LogP contribution in [0.4, 0.5) is 0 Å². The summed E-state index contributed by atoms with van der Waals surface area (Å²) in [6.07, 6.45) is 4.23. The number of carbonyl (C=O) groups excluding carboxylic acids is 1. The van der Waals surface area contributed by atoms with E-state index in [1.54, 1.807) is 0 Å². The zero-order valence-corrected chi connectivity index (χ0v) is 17.4. The van der Waals surface area contributed by atoms with Crippen LogP contribution in [-0.4, -0.2) is 56.7 Å². The van der Waals surface area contributed by atoms with E-state index in [-0.39, 0.29) is 12.0 Å². The Hall–Kier alpha value is -1.99. The normalized spacial score (nSPS) is 19.3. The maximum atomic E-state index is 12.5. The van der Waals surface area contributed by atoms with E-state index in [9.17, 15) is 4.79 Å². The molecule has 2 aliphatic rings. The van der Waals surface area contributed by atoms with Gasteiger partial charge in [-0.15, -0.1) is 0 Å². The molecule has 1 aromatic rings. The zero-order chi connectivity index (χ0) is 19.2. The van der Waals surface area contributed by atoms with Crippen molar-refractivity contribution in [2.75, 3.05) is 39.8 Å². The number of hydrogen-bond donors (Lipinski definition) is 3. The molecule has 2 unspecified atom stereocenters. The van der Waals surface area contributed by atoms with E-state index >= 15 is 0 Å². The minimum atomic E-state index is -0.405. The molecule has 0 saturated carbocycles. The van der Waals surface area contributed by atoms with Crippen LogP contribution in [0, 0.1) is 0 Å². The zero-order valence-electron chi connectivity index (χ0n) is 15.8. The number of methoxy groups -OCH3 is 1. The molecular formula is C20H27BrN4O2. The third-order valence-electron chi connectivity index (χ3n) is 4.94. The van der Waals surface area contributed by atoms with Gasteiger partial charge in [-0.1, -0.05) is 34.1 Å². The molecule has 2 aliphatic heterocycles. The highest BCUT2D eigenvalue weighted by atomic mass is 79.9. The number of hydrogen-bond acceptors (Lipinski definition) is 6. The van der Waals surface area contributed by atoms with Crippen LogP contribution >= 0.6 is 15.9 Å². The van der Waals surface area contributed by atoms with Crippen LogP contribution in [0.5, 0.6) is 0 Å². The average Bonchev–Trinajstić information content (AvgIpc) is 2.70. The standard InChI is InChI=1S/C20H27BrN4O2/c1-14(19(20(26)27-2)16-5-3-4-6-17(16)21)24-15-7-8-23-18(13-15)25-11-9-22-10-12-25/h3-7,13-14,19,22-24H,8-12H2,1-2H3. The lowest BCUT2D eigenvalue weighted by atomic mass is 9.92. The number of carbonyl (C=O) groups is 1. The summed E-state index contributed by atoms with van der Waals surface area (Å²) in [4.78, 5) is 14.9. The molecule has 0 bridgehead atoms. The van der Waals surface area contributed by atoms with E-state index in [1.807, 2.05) is 31.2 Å². The maximum absolute atomic E-state index is 12.5. The quantitative estimate of drug-likeness (QED) is 0.594. The number of rotatable bonds is 6. The summed E-state index contributed by atoms with van der Waals surface area (Å²) in [5.41, 5.74) is 1.95. The second kappa shape index (κ2) is 9.28. The van der Waals surface area contributed by atoms with Gasteiger partial charge in [0.05, 0.1) is 7.11 Å². The van der Waals surface area contributed by atoms with Gasteiger partial charge in [-0.05, 0) is 24.6 Å². The third-order valence-corrected chi connectivity index (χ3v) is 5.67. The van der Waals surface area contributed by atoms with Gasteiger partial charge < -0.3 is 25.6 Å². The molecule has 1 aromatic carbocycles. The fourth-order valence-corrected chi connectivity index (χ4v) is 4.06. The van der Waals surface area contributed by atoms with Gasteiger partial charge in [-0.3, -0.25) is 4.79 Å². The highest BCUT2D eigenvalue weighted by molar-refractivity contribution is 9.10. The van der Waals surface area contributed by atoms with Crippen LogP contribution in [0.15, 0.2) is 52.4 Å². The summed E-state index contributed by atoms with van der Waals surface area (Å²) >= 11 is 3.56. The topological polar surface area (TPSA) is 65.6 Å². The molecule has 2 atom stereocenters. The Morgan fingerprint density at radius 3 is 2.74 bits per heavy atom. The fraction of sp³-hybridized carbons (Fsp3) is 0.450. The van der Waals surface area contributed by atoms with Crippen molar-refractivity contribution in [3.63, 3.8) is 0 Å². The molecule has 0 spiro atoms. The molecule has 7 heteroatoms.